The number of hydrogen-bond donors (Lipinski definition) is 0. The Bertz CT molecular complexity index is 3140. The Balaban J connectivity index is 1.03. The van der Waals surface area contributed by atoms with E-state index in [1.54, 1.807) is 0 Å². The van der Waals surface area contributed by atoms with E-state index in [0.29, 0.717) is 0 Å². The van der Waals surface area contributed by atoms with Crippen molar-refractivity contribution in [3.8, 4) is 22.3 Å². The van der Waals surface area contributed by atoms with Crippen LogP contribution in [0.4, 0.5) is 34.1 Å². The van der Waals surface area contributed by atoms with Crippen molar-refractivity contribution in [1.82, 2.24) is 0 Å². The molecule has 0 bridgehead atoms. The second-order valence-corrected chi connectivity index (χ2v) is 16.3. The van der Waals surface area contributed by atoms with Crippen LogP contribution in [0.1, 0.15) is 22.3 Å². The molecule has 58 heavy (non-hydrogen) atoms. The van der Waals surface area contributed by atoms with Gasteiger partial charge in [-0.15, -0.1) is 11.3 Å². The van der Waals surface area contributed by atoms with Gasteiger partial charge in [0.1, 0.15) is 0 Å². The summed E-state index contributed by atoms with van der Waals surface area (Å²) in [5.41, 5.74) is 16.8. The summed E-state index contributed by atoms with van der Waals surface area (Å²) < 4.78 is 2.62. The monoisotopic (exact) mass is 756 g/mol. The van der Waals surface area contributed by atoms with Crippen LogP contribution < -0.4 is 9.80 Å². The van der Waals surface area contributed by atoms with Crippen molar-refractivity contribution >= 4 is 65.6 Å². The topological polar surface area (TPSA) is 6.48 Å². The molecule has 1 aliphatic carbocycles. The van der Waals surface area contributed by atoms with Crippen molar-refractivity contribution in [2.75, 3.05) is 9.80 Å². The Morgan fingerprint density at radius 2 is 0.931 bits per heavy atom. The van der Waals surface area contributed by atoms with E-state index in [1.807, 2.05) is 11.3 Å². The largest absolute Gasteiger partial charge is 0.310 e. The van der Waals surface area contributed by atoms with Crippen molar-refractivity contribution in [1.29, 1.82) is 0 Å². The molecule has 3 heteroatoms. The third-order valence-electron chi connectivity index (χ3n) is 12.3. The van der Waals surface area contributed by atoms with Crippen LogP contribution in [0, 0.1) is 0 Å². The summed E-state index contributed by atoms with van der Waals surface area (Å²) >= 11 is 1.86. The van der Waals surface area contributed by atoms with Gasteiger partial charge in [-0.05, 0) is 117 Å². The normalized spacial score (nSPS) is 13.3. The number of thiophene rings is 1. The fourth-order valence-electron chi connectivity index (χ4n) is 9.92. The number of anilines is 6. The molecule has 12 rings (SSSR count). The van der Waals surface area contributed by atoms with E-state index >= 15 is 0 Å². The molecule has 0 saturated heterocycles. The lowest BCUT2D eigenvalue weighted by Crippen LogP contribution is -2.36. The molecule has 0 atom stereocenters. The zero-order valence-electron chi connectivity index (χ0n) is 31.6. The average Bonchev–Trinajstić information content (AvgIpc) is 3.81. The maximum atomic E-state index is 2.44. The highest BCUT2D eigenvalue weighted by Crippen LogP contribution is 2.64. The number of hydrogen-bond acceptors (Lipinski definition) is 3. The molecular formula is C55H36N2S. The van der Waals surface area contributed by atoms with Gasteiger partial charge in [0.05, 0.1) is 16.8 Å². The zero-order chi connectivity index (χ0) is 38.2. The second kappa shape index (κ2) is 12.9. The van der Waals surface area contributed by atoms with E-state index in [4.69, 9.17) is 0 Å². The highest BCUT2D eigenvalue weighted by atomic mass is 32.1. The predicted molar refractivity (Wildman–Crippen MR) is 245 cm³/mol. The van der Waals surface area contributed by atoms with Crippen molar-refractivity contribution in [3.05, 3.63) is 241 Å². The third-order valence-corrected chi connectivity index (χ3v) is 13.4. The fraction of sp³-hybridized carbons (Fsp3) is 0.0182. The van der Waals surface area contributed by atoms with Gasteiger partial charge in [-0.3, -0.25) is 0 Å². The van der Waals surface area contributed by atoms with Gasteiger partial charge in [0.15, 0.2) is 0 Å². The van der Waals surface area contributed by atoms with E-state index in [2.05, 4.69) is 228 Å². The lowest BCUT2D eigenvalue weighted by molar-refractivity contribution is 0.753. The first-order chi connectivity index (χ1) is 28.8. The molecule has 0 amide bonds. The molecule has 0 fully saturated rings. The van der Waals surface area contributed by atoms with Crippen molar-refractivity contribution in [2.24, 2.45) is 0 Å². The minimum Gasteiger partial charge on any atom is -0.310 e. The van der Waals surface area contributed by atoms with E-state index in [-0.39, 0.29) is 0 Å². The number of fused-ring (bicyclic) bond motifs is 12. The summed E-state index contributed by atoms with van der Waals surface area (Å²) in [6, 6.07) is 80.4. The standard InChI is InChI=1S/C55H36N2S/c1-3-16-38(17-4-1)56(41-34-35-53-45(36-41)43-20-8-14-29-52(43)58-53)40-32-30-37(31-33-40)42-22-15-26-49-54(42)44-21-7-9-23-46(44)55(49)47-24-10-12-27-50(47)57(39-18-5-2-6-19-39)51-28-13-11-25-48(51)55/h1-36H. The molecular weight excluding hydrogens is 721 g/mol. The Morgan fingerprint density at radius 1 is 0.379 bits per heavy atom. The van der Waals surface area contributed by atoms with Gasteiger partial charge in [0, 0.05) is 42.9 Å². The van der Waals surface area contributed by atoms with Crippen LogP contribution in [0.5, 0.6) is 0 Å². The van der Waals surface area contributed by atoms with E-state index < -0.39 is 5.41 Å². The maximum Gasteiger partial charge on any atom is 0.0754 e. The molecule has 10 aromatic rings. The molecule has 1 aliphatic heterocycles. The van der Waals surface area contributed by atoms with Crippen LogP contribution in [0.15, 0.2) is 218 Å². The summed E-state index contributed by atoms with van der Waals surface area (Å²) in [4.78, 5) is 4.82. The van der Waals surface area contributed by atoms with Gasteiger partial charge in [-0.2, -0.15) is 0 Å². The molecule has 0 N–H and O–H groups in total. The number of nitrogens with zero attached hydrogens (tertiary/aromatic N) is 2. The summed E-state index contributed by atoms with van der Waals surface area (Å²) in [6.07, 6.45) is 0. The lowest BCUT2D eigenvalue weighted by atomic mass is 9.64. The molecule has 2 heterocycles. The van der Waals surface area contributed by atoms with Crippen LogP contribution in [0.2, 0.25) is 0 Å². The summed E-state index contributed by atoms with van der Waals surface area (Å²) in [5, 5.41) is 2.60. The van der Waals surface area contributed by atoms with E-state index in [9.17, 15) is 0 Å². The summed E-state index contributed by atoms with van der Waals surface area (Å²) in [5.74, 6) is 0. The van der Waals surface area contributed by atoms with Crippen LogP contribution in [-0.4, -0.2) is 0 Å². The van der Waals surface area contributed by atoms with Crippen molar-refractivity contribution in [3.63, 3.8) is 0 Å². The highest BCUT2D eigenvalue weighted by molar-refractivity contribution is 7.25. The number of para-hydroxylation sites is 4. The quantitative estimate of drug-likeness (QED) is 0.173. The first kappa shape index (κ1) is 33.0. The van der Waals surface area contributed by atoms with E-state index in [0.717, 1.165) is 22.7 Å². The fourth-order valence-corrected chi connectivity index (χ4v) is 11.0. The highest BCUT2D eigenvalue weighted by Gasteiger charge is 2.52. The number of benzene rings is 9. The van der Waals surface area contributed by atoms with Gasteiger partial charge >= 0.3 is 0 Å². The van der Waals surface area contributed by atoms with Crippen molar-refractivity contribution in [2.45, 2.75) is 5.41 Å². The maximum absolute atomic E-state index is 2.44. The average molecular weight is 757 g/mol. The molecule has 0 saturated carbocycles. The van der Waals surface area contributed by atoms with Crippen molar-refractivity contribution < 1.29 is 0 Å². The molecule has 9 aromatic carbocycles. The van der Waals surface area contributed by atoms with Gasteiger partial charge in [0.25, 0.3) is 0 Å². The smallest absolute Gasteiger partial charge is 0.0754 e. The Kier molecular flexibility index (Phi) is 7.35. The lowest BCUT2D eigenvalue weighted by Gasteiger charge is -2.45. The number of rotatable bonds is 5. The summed E-state index contributed by atoms with van der Waals surface area (Å²) in [6.45, 7) is 0. The van der Waals surface area contributed by atoms with Crippen LogP contribution in [0.25, 0.3) is 42.4 Å². The molecule has 1 aromatic heterocycles. The SMILES string of the molecule is c1ccc(N(c2ccc(-c3cccc4c3-c3ccccc3C43c4ccccc4N(c4ccccc4)c4ccccc43)cc2)c2ccc3sc4ccccc4c3c2)cc1. The summed E-state index contributed by atoms with van der Waals surface area (Å²) in [7, 11) is 0. The van der Waals surface area contributed by atoms with Gasteiger partial charge in [-0.25, -0.2) is 0 Å². The molecule has 0 unspecified atom stereocenters. The minimum absolute atomic E-state index is 0.491. The van der Waals surface area contributed by atoms with Gasteiger partial charge < -0.3 is 9.80 Å². The Hall–Kier alpha value is -7.20. The molecule has 0 radical (unpaired) electrons. The minimum atomic E-state index is -0.491. The van der Waals surface area contributed by atoms with Crippen LogP contribution in [-0.2, 0) is 5.41 Å². The molecule has 2 nitrogen and oxygen atoms in total. The Morgan fingerprint density at radius 3 is 1.69 bits per heavy atom. The third kappa shape index (κ3) is 4.71. The molecule has 1 spiro atoms. The van der Waals surface area contributed by atoms with Crippen LogP contribution >= 0.6 is 11.3 Å². The first-order valence-electron chi connectivity index (χ1n) is 19.9. The van der Waals surface area contributed by atoms with Gasteiger partial charge in [0.2, 0.25) is 0 Å². The van der Waals surface area contributed by atoms with E-state index in [1.165, 1.54) is 76.1 Å². The Labute approximate surface area is 342 Å². The molecule has 2 aliphatic rings. The molecule has 272 valence electrons. The predicted octanol–water partition coefficient (Wildman–Crippen LogP) is 15.3. The van der Waals surface area contributed by atoms with Gasteiger partial charge in [-0.1, -0.05) is 146 Å². The zero-order valence-corrected chi connectivity index (χ0v) is 32.4. The van der Waals surface area contributed by atoms with Crippen LogP contribution in [0.3, 0.4) is 0 Å². The first-order valence-corrected chi connectivity index (χ1v) is 20.8. The second-order valence-electron chi connectivity index (χ2n) is 15.2.